The number of benzene rings is 2. The predicted octanol–water partition coefficient (Wildman–Crippen LogP) is 4.91. The second kappa shape index (κ2) is 10.2. The van der Waals surface area contributed by atoms with Gasteiger partial charge >= 0.3 is 6.18 Å². The molecule has 0 heterocycles. The monoisotopic (exact) mass is 466 g/mol. The van der Waals surface area contributed by atoms with Gasteiger partial charge in [-0.1, -0.05) is 35.9 Å². The standard InChI is InChI=1S/C23H25F3N2O3S/c24-23(25,26)19-10-7-11-20(16-19)28(32(30,31)21-12-5-2-6-13-21)17-22(29)27-15-14-18-8-3-1-4-9-18/h2,5-8,10-13,16H,1,3-4,9,14-15,17H2,(H,27,29). The van der Waals surface area contributed by atoms with Gasteiger partial charge in [0.1, 0.15) is 6.54 Å². The average Bonchev–Trinajstić information content (AvgIpc) is 2.78. The van der Waals surface area contributed by atoms with Crippen LogP contribution in [0.3, 0.4) is 0 Å². The third kappa shape index (κ3) is 6.12. The molecule has 0 spiro atoms. The topological polar surface area (TPSA) is 66.5 Å². The highest BCUT2D eigenvalue weighted by molar-refractivity contribution is 7.92. The normalized spacial score (nSPS) is 14.5. The number of hydrogen-bond acceptors (Lipinski definition) is 3. The Morgan fingerprint density at radius 1 is 1.03 bits per heavy atom. The van der Waals surface area contributed by atoms with Crippen LogP contribution < -0.4 is 9.62 Å². The molecule has 1 N–H and O–H groups in total. The number of rotatable bonds is 8. The molecule has 0 radical (unpaired) electrons. The van der Waals surface area contributed by atoms with Crippen molar-refractivity contribution in [1.82, 2.24) is 5.32 Å². The van der Waals surface area contributed by atoms with Gasteiger partial charge in [0.15, 0.2) is 0 Å². The molecule has 2 aromatic carbocycles. The lowest BCUT2D eigenvalue weighted by Crippen LogP contribution is -2.41. The van der Waals surface area contributed by atoms with Gasteiger partial charge in [0.2, 0.25) is 5.91 Å². The van der Waals surface area contributed by atoms with Gasteiger partial charge in [0.05, 0.1) is 16.1 Å². The summed E-state index contributed by atoms with van der Waals surface area (Å²) in [6.45, 7) is -0.288. The van der Waals surface area contributed by atoms with Crippen LogP contribution in [0.4, 0.5) is 18.9 Å². The van der Waals surface area contributed by atoms with E-state index in [9.17, 15) is 26.4 Å². The highest BCUT2D eigenvalue weighted by atomic mass is 32.2. The van der Waals surface area contributed by atoms with E-state index in [1.54, 1.807) is 6.07 Å². The predicted molar refractivity (Wildman–Crippen MR) is 117 cm³/mol. The maximum atomic E-state index is 13.2. The Balaban J connectivity index is 1.83. The van der Waals surface area contributed by atoms with Crippen LogP contribution in [0.5, 0.6) is 0 Å². The lowest BCUT2D eigenvalue weighted by molar-refractivity contribution is -0.137. The molecule has 0 bridgehead atoms. The molecular weight excluding hydrogens is 441 g/mol. The summed E-state index contributed by atoms with van der Waals surface area (Å²) in [5.74, 6) is -0.585. The van der Waals surface area contributed by atoms with E-state index in [2.05, 4.69) is 11.4 Å². The van der Waals surface area contributed by atoms with Crippen molar-refractivity contribution in [2.45, 2.75) is 43.2 Å². The molecule has 2 aromatic rings. The first-order chi connectivity index (χ1) is 15.2. The Morgan fingerprint density at radius 3 is 2.44 bits per heavy atom. The van der Waals surface area contributed by atoms with Gasteiger partial charge in [0, 0.05) is 6.54 Å². The van der Waals surface area contributed by atoms with Crippen LogP contribution in [0.15, 0.2) is 71.1 Å². The number of hydrogen-bond donors (Lipinski definition) is 1. The highest BCUT2D eigenvalue weighted by Gasteiger charge is 2.33. The fourth-order valence-corrected chi connectivity index (χ4v) is 4.99. The molecule has 1 aliphatic rings. The molecule has 172 valence electrons. The molecule has 32 heavy (non-hydrogen) atoms. The van der Waals surface area contributed by atoms with Crippen molar-refractivity contribution < 1.29 is 26.4 Å². The number of amides is 1. The summed E-state index contributed by atoms with van der Waals surface area (Å²) < 4.78 is 66.7. The lowest BCUT2D eigenvalue weighted by Gasteiger charge is -2.25. The number of sulfonamides is 1. The molecule has 0 fully saturated rings. The van der Waals surface area contributed by atoms with Crippen LogP contribution in [-0.2, 0) is 21.0 Å². The SMILES string of the molecule is O=C(CN(c1cccc(C(F)(F)F)c1)S(=O)(=O)c1ccccc1)NCCC1=CCCCC1. The first-order valence-corrected chi connectivity index (χ1v) is 11.8. The minimum atomic E-state index is -4.64. The summed E-state index contributed by atoms with van der Waals surface area (Å²) in [7, 11) is -4.26. The summed E-state index contributed by atoms with van der Waals surface area (Å²) in [6.07, 6.45) is 2.44. The maximum Gasteiger partial charge on any atom is 0.416 e. The van der Waals surface area contributed by atoms with Gasteiger partial charge in [-0.05, 0) is 62.4 Å². The van der Waals surface area contributed by atoms with Gasteiger partial charge in [-0.25, -0.2) is 8.42 Å². The van der Waals surface area contributed by atoms with Crippen molar-refractivity contribution in [3.05, 3.63) is 71.8 Å². The minimum absolute atomic E-state index is 0.113. The van der Waals surface area contributed by atoms with E-state index in [1.165, 1.54) is 35.9 Å². The smallest absolute Gasteiger partial charge is 0.354 e. The van der Waals surface area contributed by atoms with Crippen molar-refractivity contribution in [3.8, 4) is 0 Å². The molecule has 0 aromatic heterocycles. The van der Waals surface area contributed by atoms with E-state index in [1.807, 2.05) is 0 Å². The zero-order valence-electron chi connectivity index (χ0n) is 17.4. The van der Waals surface area contributed by atoms with Crippen LogP contribution in [0, 0.1) is 0 Å². The van der Waals surface area contributed by atoms with Crippen LogP contribution in [0.25, 0.3) is 0 Å². The van der Waals surface area contributed by atoms with Crippen LogP contribution in [-0.4, -0.2) is 27.4 Å². The van der Waals surface area contributed by atoms with Gasteiger partial charge in [-0.3, -0.25) is 9.10 Å². The second-order valence-electron chi connectivity index (χ2n) is 7.58. The molecule has 5 nitrogen and oxygen atoms in total. The van der Waals surface area contributed by atoms with E-state index in [0.717, 1.165) is 43.9 Å². The van der Waals surface area contributed by atoms with E-state index >= 15 is 0 Å². The van der Waals surface area contributed by atoms with Gasteiger partial charge in [-0.2, -0.15) is 13.2 Å². The third-order valence-corrected chi connectivity index (χ3v) is 7.02. The molecule has 0 saturated heterocycles. The fraction of sp³-hybridized carbons (Fsp3) is 0.348. The molecule has 1 aliphatic carbocycles. The summed E-state index contributed by atoms with van der Waals surface area (Å²) in [6, 6.07) is 11.3. The fourth-order valence-electron chi connectivity index (χ4n) is 3.55. The van der Waals surface area contributed by atoms with Gasteiger partial charge in [0.25, 0.3) is 10.0 Å². The lowest BCUT2D eigenvalue weighted by atomic mass is 9.97. The van der Waals surface area contributed by atoms with Crippen molar-refractivity contribution in [2.24, 2.45) is 0 Å². The van der Waals surface area contributed by atoms with Gasteiger partial charge < -0.3 is 5.32 Å². The zero-order valence-corrected chi connectivity index (χ0v) is 18.3. The second-order valence-corrected chi connectivity index (χ2v) is 9.44. The van der Waals surface area contributed by atoms with E-state index in [-0.39, 0.29) is 10.6 Å². The average molecular weight is 467 g/mol. The van der Waals surface area contributed by atoms with Crippen molar-refractivity contribution in [1.29, 1.82) is 0 Å². The minimum Gasteiger partial charge on any atom is -0.354 e. The van der Waals surface area contributed by atoms with Gasteiger partial charge in [-0.15, -0.1) is 0 Å². The number of carbonyl (C=O) groups excluding carboxylic acids is 1. The number of nitrogens with zero attached hydrogens (tertiary/aromatic N) is 1. The Morgan fingerprint density at radius 2 is 1.78 bits per heavy atom. The molecule has 0 unspecified atom stereocenters. The van der Waals surface area contributed by atoms with E-state index in [0.29, 0.717) is 17.3 Å². The quantitative estimate of drug-likeness (QED) is 0.563. The Hall–Kier alpha value is -2.81. The summed E-state index contributed by atoms with van der Waals surface area (Å²) >= 11 is 0. The Kier molecular flexibility index (Phi) is 7.60. The number of halogens is 3. The summed E-state index contributed by atoms with van der Waals surface area (Å²) in [5.41, 5.74) is 0.0323. The van der Waals surface area contributed by atoms with Crippen molar-refractivity contribution in [2.75, 3.05) is 17.4 Å². The third-order valence-electron chi connectivity index (χ3n) is 5.23. The highest BCUT2D eigenvalue weighted by Crippen LogP contribution is 2.33. The molecular formula is C23H25F3N2O3S. The molecule has 0 aliphatic heterocycles. The van der Waals surface area contributed by atoms with Crippen LogP contribution in [0.2, 0.25) is 0 Å². The van der Waals surface area contributed by atoms with Crippen molar-refractivity contribution in [3.63, 3.8) is 0 Å². The largest absolute Gasteiger partial charge is 0.416 e. The number of carbonyl (C=O) groups is 1. The Labute approximate surface area is 186 Å². The molecule has 3 rings (SSSR count). The number of anilines is 1. The maximum absolute atomic E-state index is 13.2. The summed E-state index contributed by atoms with van der Waals surface area (Å²) in [5, 5.41) is 2.69. The molecule has 1 amide bonds. The van der Waals surface area contributed by atoms with Crippen LogP contribution >= 0.6 is 0 Å². The number of allylic oxidation sites excluding steroid dienone is 1. The molecule has 9 heteroatoms. The van der Waals surface area contributed by atoms with E-state index in [4.69, 9.17) is 0 Å². The Bertz CT molecular complexity index is 1070. The number of alkyl halides is 3. The molecule has 0 saturated carbocycles. The number of nitrogens with one attached hydrogen (secondary N) is 1. The van der Waals surface area contributed by atoms with Crippen LogP contribution in [0.1, 0.15) is 37.7 Å². The summed E-state index contributed by atoms with van der Waals surface area (Å²) in [4.78, 5) is 12.5. The zero-order chi connectivity index (χ0) is 23.2. The first-order valence-electron chi connectivity index (χ1n) is 10.4. The first kappa shape index (κ1) is 23.8. The van der Waals surface area contributed by atoms with E-state index < -0.39 is 34.2 Å². The van der Waals surface area contributed by atoms with Crippen molar-refractivity contribution >= 4 is 21.6 Å². The molecule has 0 atom stereocenters.